The third-order valence-corrected chi connectivity index (χ3v) is 3.48. The SMILES string of the molecule is Fc1cc(Br)cc(CNc2cc(F)c(Br)cc2F)c1. The van der Waals surface area contributed by atoms with Crippen LogP contribution in [0.15, 0.2) is 39.3 Å². The molecule has 0 aliphatic carbocycles. The monoisotopic (exact) mass is 393 g/mol. The van der Waals surface area contributed by atoms with Gasteiger partial charge in [0.15, 0.2) is 0 Å². The Kier molecular flexibility index (Phi) is 4.52. The highest BCUT2D eigenvalue weighted by atomic mass is 79.9. The summed E-state index contributed by atoms with van der Waals surface area (Å²) < 4.78 is 40.6. The molecule has 2 rings (SSSR count). The van der Waals surface area contributed by atoms with Crippen molar-refractivity contribution in [2.75, 3.05) is 5.32 Å². The number of nitrogens with one attached hydrogen (secondary N) is 1. The van der Waals surface area contributed by atoms with Gasteiger partial charge in [-0.1, -0.05) is 15.9 Å². The molecule has 0 radical (unpaired) electrons. The summed E-state index contributed by atoms with van der Waals surface area (Å²) >= 11 is 6.06. The topological polar surface area (TPSA) is 12.0 Å². The van der Waals surface area contributed by atoms with E-state index in [0.29, 0.717) is 10.0 Å². The molecule has 0 fully saturated rings. The maximum absolute atomic E-state index is 13.5. The van der Waals surface area contributed by atoms with Crippen molar-refractivity contribution in [3.63, 3.8) is 0 Å². The third-order valence-electron chi connectivity index (χ3n) is 2.42. The molecule has 0 aliphatic rings. The van der Waals surface area contributed by atoms with Crippen molar-refractivity contribution in [3.05, 3.63) is 62.3 Å². The smallest absolute Gasteiger partial charge is 0.147 e. The van der Waals surface area contributed by atoms with Crippen LogP contribution in [0, 0.1) is 17.5 Å². The number of anilines is 1. The molecule has 0 unspecified atom stereocenters. The summed E-state index contributed by atoms with van der Waals surface area (Å²) in [5.74, 6) is -1.54. The van der Waals surface area contributed by atoms with E-state index in [-0.39, 0.29) is 16.7 Å². The van der Waals surface area contributed by atoms with E-state index in [4.69, 9.17) is 0 Å². The van der Waals surface area contributed by atoms with Gasteiger partial charge in [-0.25, -0.2) is 13.2 Å². The maximum atomic E-state index is 13.5. The average Bonchev–Trinajstić information content (AvgIpc) is 2.31. The minimum absolute atomic E-state index is 0.0288. The molecule has 0 aromatic heterocycles. The summed E-state index contributed by atoms with van der Waals surface area (Å²) in [6.45, 7) is 0.189. The lowest BCUT2D eigenvalue weighted by atomic mass is 10.2. The zero-order chi connectivity index (χ0) is 14.0. The zero-order valence-corrected chi connectivity index (χ0v) is 12.7. The van der Waals surface area contributed by atoms with Crippen LogP contribution in [-0.4, -0.2) is 0 Å². The third kappa shape index (κ3) is 3.73. The van der Waals surface area contributed by atoms with Crippen molar-refractivity contribution in [2.24, 2.45) is 0 Å². The second-order valence-corrected chi connectivity index (χ2v) is 5.65. The van der Waals surface area contributed by atoms with E-state index >= 15 is 0 Å². The van der Waals surface area contributed by atoms with Gasteiger partial charge in [0.1, 0.15) is 17.5 Å². The molecule has 1 N–H and O–H groups in total. The normalized spacial score (nSPS) is 10.6. The van der Waals surface area contributed by atoms with Crippen LogP contribution in [-0.2, 0) is 6.54 Å². The Hall–Kier alpha value is -1.01. The quantitative estimate of drug-likeness (QED) is 0.702. The summed E-state index contributed by atoms with van der Waals surface area (Å²) in [4.78, 5) is 0. The van der Waals surface area contributed by atoms with Gasteiger partial charge in [0.25, 0.3) is 0 Å². The first-order valence-corrected chi connectivity index (χ1v) is 6.87. The average molecular weight is 395 g/mol. The van der Waals surface area contributed by atoms with Crippen molar-refractivity contribution < 1.29 is 13.2 Å². The molecule has 0 atom stereocenters. The van der Waals surface area contributed by atoms with Crippen LogP contribution in [0.3, 0.4) is 0 Å². The predicted octanol–water partition coefficient (Wildman–Crippen LogP) is 5.24. The van der Waals surface area contributed by atoms with Gasteiger partial charge in [-0.2, -0.15) is 0 Å². The van der Waals surface area contributed by atoms with Gasteiger partial charge in [-0.3, -0.25) is 0 Å². The first-order chi connectivity index (χ1) is 8.95. The Labute approximate surface area is 125 Å². The summed E-state index contributed by atoms with van der Waals surface area (Å²) in [6.07, 6.45) is 0. The van der Waals surface area contributed by atoms with Gasteiger partial charge in [0.2, 0.25) is 0 Å². The molecule has 0 saturated heterocycles. The fraction of sp³-hybridized carbons (Fsp3) is 0.0769. The second kappa shape index (κ2) is 5.96. The summed E-state index contributed by atoms with van der Waals surface area (Å²) in [5.41, 5.74) is 0.649. The van der Waals surface area contributed by atoms with Crippen LogP contribution in [0.25, 0.3) is 0 Å². The van der Waals surface area contributed by atoms with Crippen molar-refractivity contribution in [2.45, 2.75) is 6.54 Å². The van der Waals surface area contributed by atoms with Crippen LogP contribution in [0.2, 0.25) is 0 Å². The van der Waals surface area contributed by atoms with Crippen molar-refractivity contribution in [3.8, 4) is 0 Å². The number of halogens is 5. The van der Waals surface area contributed by atoms with Crippen LogP contribution in [0.1, 0.15) is 5.56 Å². The maximum Gasteiger partial charge on any atom is 0.147 e. The lowest BCUT2D eigenvalue weighted by Gasteiger charge is -2.09. The van der Waals surface area contributed by atoms with Gasteiger partial charge >= 0.3 is 0 Å². The van der Waals surface area contributed by atoms with Gasteiger partial charge in [-0.05, 0) is 45.8 Å². The molecule has 0 saturated carbocycles. The lowest BCUT2D eigenvalue weighted by Crippen LogP contribution is -2.02. The van der Waals surface area contributed by atoms with E-state index in [2.05, 4.69) is 37.2 Å². The van der Waals surface area contributed by atoms with E-state index in [9.17, 15) is 13.2 Å². The molecule has 0 aliphatic heterocycles. The first-order valence-electron chi connectivity index (χ1n) is 5.29. The standard InChI is InChI=1S/C13H8Br2F3N/c14-8-1-7(2-9(16)3-8)6-19-13-5-11(17)10(15)4-12(13)18/h1-5,19H,6H2. The molecule has 2 aromatic carbocycles. The molecular weight excluding hydrogens is 387 g/mol. The minimum atomic E-state index is -0.580. The predicted molar refractivity (Wildman–Crippen MR) is 75.5 cm³/mol. The molecule has 6 heteroatoms. The summed E-state index contributed by atoms with van der Waals surface area (Å²) in [5, 5.41) is 2.73. The second-order valence-electron chi connectivity index (χ2n) is 3.88. The van der Waals surface area contributed by atoms with Crippen LogP contribution in [0.4, 0.5) is 18.9 Å². The highest BCUT2D eigenvalue weighted by Crippen LogP contribution is 2.24. The van der Waals surface area contributed by atoms with E-state index < -0.39 is 17.5 Å². The van der Waals surface area contributed by atoms with Crippen molar-refractivity contribution in [1.29, 1.82) is 0 Å². The first kappa shape index (κ1) is 14.4. The molecule has 19 heavy (non-hydrogen) atoms. The fourth-order valence-corrected chi connectivity index (χ4v) is 2.40. The van der Waals surface area contributed by atoms with Gasteiger partial charge in [0, 0.05) is 17.1 Å². The molecule has 100 valence electrons. The lowest BCUT2D eigenvalue weighted by molar-refractivity contribution is 0.596. The number of benzene rings is 2. The van der Waals surface area contributed by atoms with E-state index in [0.717, 1.165) is 12.1 Å². The van der Waals surface area contributed by atoms with Gasteiger partial charge < -0.3 is 5.32 Å². The van der Waals surface area contributed by atoms with Crippen molar-refractivity contribution >= 4 is 37.5 Å². The molecule has 1 nitrogen and oxygen atoms in total. The Morgan fingerprint density at radius 2 is 1.63 bits per heavy atom. The zero-order valence-electron chi connectivity index (χ0n) is 9.48. The van der Waals surface area contributed by atoms with Gasteiger partial charge in [-0.15, -0.1) is 0 Å². The van der Waals surface area contributed by atoms with E-state index in [1.165, 1.54) is 12.1 Å². The Morgan fingerprint density at radius 1 is 0.895 bits per heavy atom. The highest BCUT2D eigenvalue weighted by molar-refractivity contribution is 9.10. The fourth-order valence-electron chi connectivity index (χ4n) is 1.57. The largest absolute Gasteiger partial charge is 0.379 e. The van der Waals surface area contributed by atoms with Crippen LogP contribution in [0.5, 0.6) is 0 Å². The molecule has 2 aromatic rings. The molecule has 0 amide bonds. The Morgan fingerprint density at radius 3 is 2.32 bits per heavy atom. The Bertz CT molecular complexity index is 597. The molecule has 0 bridgehead atoms. The minimum Gasteiger partial charge on any atom is -0.379 e. The number of rotatable bonds is 3. The van der Waals surface area contributed by atoms with Crippen LogP contribution < -0.4 is 5.32 Å². The number of hydrogen-bond acceptors (Lipinski definition) is 1. The summed E-state index contributed by atoms with van der Waals surface area (Å²) in [7, 11) is 0. The molecular formula is C13H8Br2F3N. The molecule has 0 heterocycles. The molecule has 0 spiro atoms. The van der Waals surface area contributed by atoms with Gasteiger partial charge in [0.05, 0.1) is 10.2 Å². The highest BCUT2D eigenvalue weighted by Gasteiger charge is 2.08. The van der Waals surface area contributed by atoms with Crippen LogP contribution >= 0.6 is 31.9 Å². The Balaban J connectivity index is 2.16. The van der Waals surface area contributed by atoms with E-state index in [1.807, 2.05) is 0 Å². The van der Waals surface area contributed by atoms with Crippen molar-refractivity contribution in [1.82, 2.24) is 0 Å². The number of hydrogen-bond donors (Lipinski definition) is 1. The van der Waals surface area contributed by atoms with E-state index in [1.54, 1.807) is 6.07 Å². The summed E-state index contributed by atoms with van der Waals surface area (Å²) in [6, 6.07) is 6.43.